The number of aryl methyl sites for hydroxylation is 1. The second-order valence-corrected chi connectivity index (χ2v) is 9.64. The molecule has 6 N–H and O–H groups in total. The molecule has 9 heteroatoms. The Hall–Kier alpha value is -2.30. The van der Waals surface area contributed by atoms with E-state index < -0.39 is 6.17 Å². The molecule has 2 aliphatic heterocycles. The molecule has 5 rings (SSSR count). The Morgan fingerprint density at radius 1 is 1.21 bits per heavy atom. The SMILES string of the molecule is CCc1cc(O)ccc1C1CCC2C(c3ncc(C4=C[C@H](CO)N(CCO)C4)[nH]3)NNC2C1F. The number of aromatic hydroxyl groups is 1. The van der Waals surface area contributed by atoms with Crippen molar-refractivity contribution in [3.8, 4) is 5.75 Å². The highest BCUT2D eigenvalue weighted by Gasteiger charge is 2.48. The van der Waals surface area contributed by atoms with Crippen molar-refractivity contribution >= 4 is 5.57 Å². The number of imidazole rings is 1. The fourth-order valence-corrected chi connectivity index (χ4v) is 6.01. The molecule has 3 heterocycles. The molecule has 184 valence electrons. The molecule has 1 saturated heterocycles. The number of alkyl halides is 1. The third-order valence-electron chi connectivity index (χ3n) is 7.79. The summed E-state index contributed by atoms with van der Waals surface area (Å²) < 4.78 is 15.8. The van der Waals surface area contributed by atoms with Crippen LogP contribution in [-0.2, 0) is 6.42 Å². The van der Waals surface area contributed by atoms with Crippen LogP contribution < -0.4 is 10.9 Å². The first-order valence-electron chi connectivity index (χ1n) is 12.2. The number of phenols is 1. The number of aliphatic hydroxyl groups is 2. The van der Waals surface area contributed by atoms with E-state index in [-0.39, 0.29) is 48.9 Å². The number of benzene rings is 1. The van der Waals surface area contributed by atoms with Crippen molar-refractivity contribution in [1.82, 2.24) is 25.7 Å². The molecule has 5 unspecified atom stereocenters. The van der Waals surface area contributed by atoms with E-state index in [9.17, 15) is 15.3 Å². The number of aliphatic hydroxyl groups excluding tert-OH is 2. The standard InChI is InChI=1S/C25H34FN5O3/c1-2-14-10-17(34)3-4-18(14)19-5-6-20-23(22(19)26)29-30-24(20)25-27-11-21(28-25)15-9-16(13-33)31(12-15)7-8-32/h3-4,9-11,16,19-20,22-24,29-30,32-34H,2,5-8,12-13H2,1H3,(H,27,28)/t16-,19?,20?,22?,23?,24?/m1/s1. The van der Waals surface area contributed by atoms with Crippen LogP contribution in [0.25, 0.3) is 5.57 Å². The summed E-state index contributed by atoms with van der Waals surface area (Å²) in [7, 11) is 0. The molecule has 34 heavy (non-hydrogen) atoms. The van der Waals surface area contributed by atoms with Gasteiger partial charge in [-0.3, -0.25) is 10.3 Å². The summed E-state index contributed by atoms with van der Waals surface area (Å²) in [6, 6.07) is 4.73. The van der Waals surface area contributed by atoms with Crippen LogP contribution in [0, 0.1) is 5.92 Å². The van der Waals surface area contributed by atoms with Gasteiger partial charge < -0.3 is 20.3 Å². The van der Waals surface area contributed by atoms with E-state index >= 15 is 4.39 Å². The maximum atomic E-state index is 15.8. The predicted molar refractivity (Wildman–Crippen MR) is 127 cm³/mol. The van der Waals surface area contributed by atoms with Gasteiger partial charge in [0.25, 0.3) is 0 Å². The number of phenolic OH excluding ortho intramolecular Hbond substituents is 1. The van der Waals surface area contributed by atoms with Gasteiger partial charge in [0.15, 0.2) is 0 Å². The summed E-state index contributed by atoms with van der Waals surface area (Å²) in [4.78, 5) is 10.1. The highest BCUT2D eigenvalue weighted by Crippen LogP contribution is 2.45. The lowest BCUT2D eigenvalue weighted by molar-refractivity contribution is 0.135. The van der Waals surface area contributed by atoms with Crippen LogP contribution in [0.15, 0.2) is 30.5 Å². The lowest BCUT2D eigenvalue weighted by atomic mass is 9.71. The number of β-amino-alcohol motifs (C(OH)–C–C–N with tert-alkyl or cyclic N) is 1. The highest BCUT2D eigenvalue weighted by atomic mass is 19.1. The fourth-order valence-electron chi connectivity index (χ4n) is 6.01. The van der Waals surface area contributed by atoms with Gasteiger partial charge in [-0.05, 0) is 48.1 Å². The minimum atomic E-state index is -1.05. The molecule has 0 bridgehead atoms. The number of aromatic nitrogens is 2. The molecule has 0 amide bonds. The van der Waals surface area contributed by atoms with Gasteiger partial charge in [0.1, 0.15) is 17.7 Å². The van der Waals surface area contributed by atoms with Crippen LogP contribution in [0.2, 0.25) is 0 Å². The maximum Gasteiger partial charge on any atom is 0.125 e. The van der Waals surface area contributed by atoms with Gasteiger partial charge in [0.2, 0.25) is 0 Å². The third kappa shape index (κ3) is 4.16. The minimum absolute atomic E-state index is 0.00216. The molecule has 8 nitrogen and oxygen atoms in total. The number of aromatic amines is 1. The molecule has 2 aromatic rings. The average Bonchev–Trinajstić information content (AvgIpc) is 3.57. The van der Waals surface area contributed by atoms with E-state index in [0.717, 1.165) is 47.5 Å². The van der Waals surface area contributed by atoms with Crippen molar-refractivity contribution in [2.45, 2.75) is 56.4 Å². The van der Waals surface area contributed by atoms with Crippen molar-refractivity contribution in [2.75, 3.05) is 26.3 Å². The Bertz CT molecular complexity index is 1040. The molecule has 1 saturated carbocycles. The van der Waals surface area contributed by atoms with Crippen LogP contribution in [-0.4, -0.2) is 74.7 Å². The van der Waals surface area contributed by atoms with E-state index in [1.807, 2.05) is 24.0 Å². The maximum absolute atomic E-state index is 15.8. The summed E-state index contributed by atoms with van der Waals surface area (Å²) >= 11 is 0. The third-order valence-corrected chi connectivity index (χ3v) is 7.79. The van der Waals surface area contributed by atoms with Crippen LogP contribution in [0.5, 0.6) is 5.75 Å². The molecule has 6 atom stereocenters. The van der Waals surface area contributed by atoms with Crippen molar-refractivity contribution < 1.29 is 19.7 Å². The zero-order chi connectivity index (χ0) is 23.8. The lowest BCUT2D eigenvalue weighted by Crippen LogP contribution is -2.45. The van der Waals surface area contributed by atoms with Gasteiger partial charge in [-0.1, -0.05) is 19.1 Å². The topological polar surface area (TPSA) is 117 Å². The zero-order valence-electron chi connectivity index (χ0n) is 19.4. The normalized spacial score (nSPS) is 31.6. The Balaban J connectivity index is 1.31. The van der Waals surface area contributed by atoms with Gasteiger partial charge in [0.05, 0.1) is 43.2 Å². The Kier molecular flexibility index (Phi) is 6.72. The monoisotopic (exact) mass is 471 g/mol. The van der Waals surface area contributed by atoms with Crippen molar-refractivity contribution in [2.24, 2.45) is 5.92 Å². The summed E-state index contributed by atoms with van der Waals surface area (Å²) in [6.07, 6.45) is 5.13. The van der Waals surface area contributed by atoms with E-state index in [4.69, 9.17) is 0 Å². The van der Waals surface area contributed by atoms with Crippen LogP contribution in [0.1, 0.15) is 54.4 Å². The molecule has 2 fully saturated rings. The average molecular weight is 472 g/mol. The summed E-state index contributed by atoms with van der Waals surface area (Å²) in [5.74, 6) is 0.873. The number of fused-ring (bicyclic) bond motifs is 1. The van der Waals surface area contributed by atoms with E-state index in [1.165, 1.54) is 0 Å². The second-order valence-electron chi connectivity index (χ2n) is 9.64. The number of H-pyrrole nitrogens is 1. The smallest absolute Gasteiger partial charge is 0.125 e. The predicted octanol–water partition coefficient (Wildman–Crippen LogP) is 1.78. The first-order valence-corrected chi connectivity index (χ1v) is 12.2. The molecule has 0 spiro atoms. The number of halogens is 1. The molecule has 1 aromatic carbocycles. The first kappa shape index (κ1) is 23.4. The molecule has 3 aliphatic rings. The Morgan fingerprint density at radius 3 is 2.82 bits per heavy atom. The van der Waals surface area contributed by atoms with Crippen molar-refractivity contribution in [1.29, 1.82) is 0 Å². The molecule has 1 aliphatic carbocycles. The Labute approximate surface area is 198 Å². The number of hydrazine groups is 1. The van der Waals surface area contributed by atoms with Gasteiger partial charge in [0, 0.05) is 24.9 Å². The number of hydrogen-bond acceptors (Lipinski definition) is 7. The van der Waals surface area contributed by atoms with Gasteiger partial charge in [-0.2, -0.15) is 0 Å². The molecular weight excluding hydrogens is 437 g/mol. The van der Waals surface area contributed by atoms with Crippen molar-refractivity contribution in [3.05, 3.63) is 53.1 Å². The van der Waals surface area contributed by atoms with E-state index in [1.54, 1.807) is 18.3 Å². The van der Waals surface area contributed by atoms with Crippen LogP contribution in [0.4, 0.5) is 4.39 Å². The Morgan fingerprint density at radius 2 is 2.06 bits per heavy atom. The van der Waals surface area contributed by atoms with Gasteiger partial charge in [-0.15, -0.1) is 0 Å². The summed E-state index contributed by atoms with van der Waals surface area (Å²) in [5, 5.41) is 28.8. The minimum Gasteiger partial charge on any atom is -0.508 e. The molecule has 1 aromatic heterocycles. The first-order chi connectivity index (χ1) is 16.5. The summed E-state index contributed by atoms with van der Waals surface area (Å²) in [5.41, 5.74) is 10.4. The number of nitrogens with zero attached hydrogens (tertiary/aromatic N) is 2. The van der Waals surface area contributed by atoms with Gasteiger partial charge >= 0.3 is 0 Å². The number of rotatable bonds is 7. The second kappa shape index (κ2) is 9.75. The molecule has 0 radical (unpaired) electrons. The fraction of sp³-hybridized carbons (Fsp3) is 0.560. The van der Waals surface area contributed by atoms with Crippen LogP contribution >= 0.6 is 0 Å². The van der Waals surface area contributed by atoms with E-state index in [2.05, 4.69) is 20.8 Å². The van der Waals surface area contributed by atoms with Gasteiger partial charge in [-0.25, -0.2) is 14.8 Å². The summed E-state index contributed by atoms with van der Waals surface area (Å²) in [6.45, 7) is 3.22. The highest BCUT2D eigenvalue weighted by molar-refractivity contribution is 5.66. The van der Waals surface area contributed by atoms with Crippen LogP contribution in [0.3, 0.4) is 0 Å². The largest absolute Gasteiger partial charge is 0.508 e. The lowest BCUT2D eigenvalue weighted by Gasteiger charge is -2.36. The zero-order valence-corrected chi connectivity index (χ0v) is 19.4. The number of hydrogen-bond donors (Lipinski definition) is 6. The van der Waals surface area contributed by atoms with Crippen molar-refractivity contribution in [3.63, 3.8) is 0 Å². The quantitative estimate of drug-likeness (QED) is 0.365. The molecular formula is C25H34FN5O3. The number of nitrogens with one attached hydrogen (secondary N) is 3. The van der Waals surface area contributed by atoms with E-state index in [0.29, 0.717) is 13.1 Å².